The summed E-state index contributed by atoms with van der Waals surface area (Å²) in [6.07, 6.45) is 1.68. The van der Waals surface area contributed by atoms with Crippen molar-refractivity contribution in [3.63, 3.8) is 0 Å². The number of anilines is 2. The van der Waals surface area contributed by atoms with E-state index in [2.05, 4.69) is 4.98 Å². The van der Waals surface area contributed by atoms with E-state index in [0.717, 1.165) is 0 Å². The Balaban J connectivity index is 2.16. The third-order valence-corrected chi connectivity index (χ3v) is 3.91. The van der Waals surface area contributed by atoms with Gasteiger partial charge < -0.3 is 10.0 Å². The Labute approximate surface area is 123 Å². The van der Waals surface area contributed by atoms with Gasteiger partial charge in [-0.1, -0.05) is 0 Å². The molecule has 21 heavy (non-hydrogen) atoms. The minimum absolute atomic E-state index is 0.109. The van der Waals surface area contributed by atoms with Gasteiger partial charge in [0.15, 0.2) is 16.5 Å². The number of carboxylic acid groups (broad SMARTS) is 1. The summed E-state index contributed by atoms with van der Waals surface area (Å²) in [6.45, 7) is 2.42. The molecule has 1 aromatic carbocycles. The molecule has 0 atom stereocenters. The SMILES string of the molecule is CCN(c1ccc(F)cc1)c1nc2sccn2c1C(=O)O. The van der Waals surface area contributed by atoms with Crippen LogP contribution in [0.5, 0.6) is 0 Å². The van der Waals surface area contributed by atoms with E-state index in [1.165, 1.54) is 23.5 Å². The van der Waals surface area contributed by atoms with Crippen LogP contribution in [0.2, 0.25) is 0 Å². The summed E-state index contributed by atoms with van der Waals surface area (Å²) in [6, 6.07) is 5.91. The van der Waals surface area contributed by atoms with E-state index in [1.807, 2.05) is 6.92 Å². The van der Waals surface area contributed by atoms with Crippen LogP contribution >= 0.6 is 11.3 Å². The number of nitrogens with zero attached hydrogens (tertiary/aromatic N) is 3. The monoisotopic (exact) mass is 305 g/mol. The fraction of sp³-hybridized carbons (Fsp3) is 0.143. The Morgan fingerprint density at radius 2 is 2.14 bits per heavy atom. The number of thiazole rings is 1. The predicted molar refractivity (Wildman–Crippen MR) is 79.1 cm³/mol. The normalized spacial score (nSPS) is 11.0. The van der Waals surface area contributed by atoms with Gasteiger partial charge in [-0.2, -0.15) is 0 Å². The molecular formula is C14H12FN3O2S. The van der Waals surface area contributed by atoms with Crippen LogP contribution in [0.25, 0.3) is 4.96 Å². The Bertz CT molecular complexity index is 794. The number of benzene rings is 1. The van der Waals surface area contributed by atoms with E-state index in [9.17, 15) is 14.3 Å². The highest BCUT2D eigenvalue weighted by atomic mass is 32.1. The molecule has 0 radical (unpaired) electrons. The molecule has 5 nitrogen and oxygen atoms in total. The Morgan fingerprint density at radius 1 is 1.43 bits per heavy atom. The average Bonchev–Trinajstić information content (AvgIpc) is 3.01. The molecule has 7 heteroatoms. The second-order valence-corrected chi connectivity index (χ2v) is 5.24. The second kappa shape index (κ2) is 5.17. The number of rotatable bonds is 4. The fourth-order valence-corrected chi connectivity index (χ4v) is 2.95. The van der Waals surface area contributed by atoms with Gasteiger partial charge in [0.2, 0.25) is 0 Å². The van der Waals surface area contributed by atoms with Crippen molar-refractivity contribution in [2.75, 3.05) is 11.4 Å². The van der Waals surface area contributed by atoms with Gasteiger partial charge in [-0.3, -0.25) is 4.40 Å². The molecule has 0 amide bonds. The zero-order chi connectivity index (χ0) is 15.0. The van der Waals surface area contributed by atoms with Gasteiger partial charge in [0.1, 0.15) is 5.82 Å². The summed E-state index contributed by atoms with van der Waals surface area (Å²) >= 11 is 1.37. The molecule has 0 aliphatic heterocycles. The zero-order valence-electron chi connectivity index (χ0n) is 11.2. The first kappa shape index (κ1) is 13.6. The largest absolute Gasteiger partial charge is 0.476 e. The van der Waals surface area contributed by atoms with Crippen molar-refractivity contribution < 1.29 is 14.3 Å². The van der Waals surface area contributed by atoms with Crippen LogP contribution in [-0.2, 0) is 0 Å². The first-order valence-corrected chi connectivity index (χ1v) is 7.21. The number of carboxylic acids is 1. The lowest BCUT2D eigenvalue weighted by atomic mass is 10.2. The molecule has 0 unspecified atom stereocenters. The van der Waals surface area contributed by atoms with Crippen LogP contribution in [0.1, 0.15) is 17.4 Å². The smallest absolute Gasteiger partial charge is 0.356 e. The molecule has 2 aromatic heterocycles. The molecule has 0 aliphatic rings. The molecule has 0 fully saturated rings. The fourth-order valence-electron chi connectivity index (χ4n) is 2.24. The maximum atomic E-state index is 13.1. The minimum atomic E-state index is -1.04. The third kappa shape index (κ3) is 2.25. The van der Waals surface area contributed by atoms with Crippen LogP contribution < -0.4 is 4.90 Å². The molecule has 108 valence electrons. The summed E-state index contributed by atoms with van der Waals surface area (Å²) < 4.78 is 14.6. The van der Waals surface area contributed by atoms with Gasteiger partial charge in [-0.25, -0.2) is 14.2 Å². The number of fused-ring (bicyclic) bond motifs is 1. The van der Waals surface area contributed by atoms with Crippen LogP contribution in [0.4, 0.5) is 15.9 Å². The average molecular weight is 305 g/mol. The molecule has 0 bridgehead atoms. The lowest BCUT2D eigenvalue weighted by Crippen LogP contribution is -2.19. The van der Waals surface area contributed by atoms with Crippen LogP contribution in [0.15, 0.2) is 35.8 Å². The van der Waals surface area contributed by atoms with E-state index in [4.69, 9.17) is 0 Å². The van der Waals surface area contributed by atoms with Crippen molar-refractivity contribution >= 4 is 33.8 Å². The minimum Gasteiger partial charge on any atom is -0.476 e. The predicted octanol–water partition coefficient (Wildman–Crippen LogP) is 3.39. The molecule has 3 aromatic rings. The molecule has 1 N–H and O–H groups in total. The summed E-state index contributed by atoms with van der Waals surface area (Å²) in [4.78, 5) is 18.3. The highest BCUT2D eigenvalue weighted by Crippen LogP contribution is 2.30. The lowest BCUT2D eigenvalue weighted by Gasteiger charge is -2.21. The van der Waals surface area contributed by atoms with E-state index in [1.54, 1.807) is 33.0 Å². The van der Waals surface area contributed by atoms with Gasteiger partial charge in [0.25, 0.3) is 0 Å². The van der Waals surface area contributed by atoms with Crippen molar-refractivity contribution in [3.05, 3.63) is 47.4 Å². The van der Waals surface area contributed by atoms with Crippen molar-refractivity contribution in [3.8, 4) is 0 Å². The first-order valence-electron chi connectivity index (χ1n) is 6.33. The number of imidazole rings is 1. The highest BCUT2D eigenvalue weighted by Gasteiger charge is 2.24. The van der Waals surface area contributed by atoms with E-state index >= 15 is 0 Å². The van der Waals surface area contributed by atoms with Gasteiger partial charge in [-0.15, -0.1) is 11.3 Å². The van der Waals surface area contributed by atoms with Crippen LogP contribution in [-0.4, -0.2) is 27.0 Å². The first-order chi connectivity index (χ1) is 10.1. The quantitative estimate of drug-likeness (QED) is 0.802. The second-order valence-electron chi connectivity index (χ2n) is 4.37. The zero-order valence-corrected chi connectivity index (χ0v) is 12.0. The van der Waals surface area contributed by atoms with Crippen LogP contribution in [0, 0.1) is 5.82 Å². The van der Waals surface area contributed by atoms with Gasteiger partial charge in [0, 0.05) is 23.8 Å². The maximum absolute atomic E-state index is 13.1. The topological polar surface area (TPSA) is 57.8 Å². The molecule has 0 saturated heterocycles. The molecule has 0 spiro atoms. The summed E-state index contributed by atoms with van der Waals surface area (Å²) in [5.41, 5.74) is 0.810. The van der Waals surface area contributed by atoms with Gasteiger partial charge in [-0.05, 0) is 31.2 Å². The number of aromatic carboxylic acids is 1. The molecule has 2 heterocycles. The standard InChI is InChI=1S/C14H12FN3O2S/c1-2-17(10-5-3-9(15)4-6-10)12-11(13(19)20)18-7-8-21-14(18)16-12/h3-8H,2H2,1H3,(H,19,20). The highest BCUT2D eigenvalue weighted by molar-refractivity contribution is 7.15. The summed E-state index contributed by atoms with van der Waals surface area (Å²) in [5.74, 6) is -1.01. The Morgan fingerprint density at radius 3 is 2.76 bits per heavy atom. The number of carbonyl (C=O) groups is 1. The molecule has 0 aliphatic carbocycles. The van der Waals surface area contributed by atoms with Crippen molar-refractivity contribution in [1.29, 1.82) is 0 Å². The van der Waals surface area contributed by atoms with Crippen molar-refractivity contribution in [2.24, 2.45) is 0 Å². The third-order valence-electron chi connectivity index (χ3n) is 3.16. The maximum Gasteiger partial charge on any atom is 0.356 e. The Kier molecular flexibility index (Phi) is 3.34. The molecule has 0 saturated carbocycles. The van der Waals surface area contributed by atoms with E-state index in [0.29, 0.717) is 23.0 Å². The molecule has 3 rings (SSSR count). The number of aromatic nitrogens is 2. The number of hydrogen-bond donors (Lipinski definition) is 1. The van der Waals surface area contributed by atoms with Crippen molar-refractivity contribution in [2.45, 2.75) is 6.92 Å². The summed E-state index contributed by atoms with van der Waals surface area (Å²) in [7, 11) is 0. The van der Waals surface area contributed by atoms with Crippen molar-refractivity contribution in [1.82, 2.24) is 9.38 Å². The summed E-state index contributed by atoms with van der Waals surface area (Å²) in [5, 5.41) is 11.2. The Hall–Kier alpha value is -2.41. The number of hydrogen-bond acceptors (Lipinski definition) is 4. The molecular weight excluding hydrogens is 293 g/mol. The lowest BCUT2D eigenvalue weighted by molar-refractivity contribution is 0.0690. The van der Waals surface area contributed by atoms with E-state index < -0.39 is 5.97 Å². The van der Waals surface area contributed by atoms with E-state index in [-0.39, 0.29) is 11.5 Å². The van der Waals surface area contributed by atoms with Crippen LogP contribution in [0.3, 0.4) is 0 Å². The van der Waals surface area contributed by atoms with Gasteiger partial charge in [0.05, 0.1) is 0 Å². The number of halogens is 1. The van der Waals surface area contributed by atoms with Gasteiger partial charge >= 0.3 is 5.97 Å².